The van der Waals surface area contributed by atoms with E-state index in [1.54, 1.807) is 41.3 Å². The first kappa shape index (κ1) is 36.8. The van der Waals surface area contributed by atoms with Crippen LogP contribution in [0.5, 0.6) is 5.75 Å². The Hall–Kier alpha value is -4.08. The molecule has 1 aliphatic heterocycles. The van der Waals surface area contributed by atoms with Crippen molar-refractivity contribution in [3.8, 4) is 17.6 Å². The smallest absolute Gasteiger partial charge is 0.422 e. The minimum Gasteiger partial charge on any atom is -0.508 e. The first-order valence-electron chi connectivity index (χ1n) is 15.4. The number of hydrogen-bond acceptors (Lipinski definition) is 7. The van der Waals surface area contributed by atoms with Crippen LogP contribution >= 0.6 is 23.2 Å². The second-order valence-corrected chi connectivity index (χ2v) is 12.0. The Balaban J connectivity index is 1.68. The number of aryl methyl sites for hydroxylation is 1. The third-order valence-corrected chi connectivity index (χ3v) is 8.15. The highest BCUT2D eigenvalue weighted by Gasteiger charge is 2.33. The van der Waals surface area contributed by atoms with Crippen LogP contribution in [0.4, 0.5) is 18.9 Å². The molecule has 0 aliphatic carbocycles. The third-order valence-electron chi connectivity index (χ3n) is 7.61. The second kappa shape index (κ2) is 16.8. The second-order valence-electron chi connectivity index (χ2n) is 11.3. The summed E-state index contributed by atoms with van der Waals surface area (Å²) in [6.07, 6.45) is -3.13. The summed E-state index contributed by atoms with van der Waals surface area (Å²) < 4.78 is 49.6. The number of anilines is 1. The molecule has 1 fully saturated rings. The van der Waals surface area contributed by atoms with Gasteiger partial charge in [-0.25, -0.2) is 4.79 Å². The summed E-state index contributed by atoms with van der Waals surface area (Å²) in [4.78, 5) is 42.9. The summed E-state index contributed by atoms with van der Waals surface area (Å²) in [5, 5.41) is 12.5. The number of nitrogens with zero attached hydrogens (tertiary/aromatic N) is 2. The Kier molecular flexibility index (Phi) is 12.9. The van der Waals surface area contributed by atoms with Crippen LogP contribution in [-0.2, 0) is 27.2 Å². The largest absolute Gasteiger partial charge is 0.508 e. The summed E-state index contributed by atoms with van der Waals surface area (Å²) in [6.45, 7) is 1.34. The number of nitrogens with one attached hydrogen (secondary N) is 1. The molecule has 1 saturated heterocycles. The van der Waals surface area contributed by atoms with Gasteiger partial charge in [-0.15, -0.1) is 23.2 Å². The number of aromatic hydroxyl groups is 1. The van der Waals surface area contributed by atoms with Crippen LogP contribution in [0.3, 0.4) is 0 Å². The fraction of sp³-hybridized carbons (Fsp3) is 0.441. The number of benzene rings is 2. The van der Waals surface area contributed by atoms with Crippen molar-refractivity contribution < 1.29 is 41.8 Å². The maximum Gasteiger partial charge on any atom is 0.422 e. The molecule has 9 nitrogen and oxygen atoms in total. The summed E-state index contributed by atoms with van der Waals surface area (Å²) in [5.74, 6) is 4.94. The molecule has 0 unspecified atom stereocenters. The Morgan fingerprint density at radius 2 is 1.75 bits per heavy atom. The molecule has 1 aliphatic rings. The average Bonchev–Trinajstić information content (AvgIpc) is 3.42. The summed E-state index contributed by atoms with van der Waals surface area (Å²) in [6, 6.07) is 9.03. The first-order chi connectivity index (χ1) is 22.9. The van der Waals surface area contributed by atoms with E-state index in [1.807, 2.05) is 0 Å². The number of carbonyl (C=O) groups is 3. The Bertz CT molecular complexity index is 1660. The number of esters is 1. The number of fused-ring (bicyclic) bond motifs is 1. The van der Waals surface area contributed by atoms with Crippen molar-refractivity contribution >= 4 is 57.6 Å². The lowest BCUT2D eigenvalue weighted by atomic mass is 9.97. The van der Waals surface area contributed by atoms with E-state index in [0.717, 1.165) is 5.69 Å². The van der Waals surface area contributed by atoms with E-state index < -0.39 is 30.7 Å². The van der Waals surface area contributed by atoms with E-state index >= 15 is 0 Å². The fourth-order valence-electron chi connectivity index (χ4n) is 5.43. The number of hydrogen-bond donors (Lipinski definition) is 2. The first-order valence-corrected chi connectivity index (χ1v) is 16.5. The number of halogens is 5. The van der Waals surface area contributed by atoms with E-state index in [-0.39, 0.29) is 52.7 Å². The fourth-order valence-corrected chi connectivity index (χ4v) is 5.70. The number of phenolic OH excluding ortho intramolecular Hbond substituents is 1. The molecule has 2 heterocycles. The van der Waals surface area contributed by atoms with E-state index in [4.69, 9.17) is 27.6 Å². The lowest BCUT2D eigenvalue weighted by Gasteiger charge is -2.37. The van der Waals surface area contributed by atoms with Crippen LogP contribution in [0.25, 0.3) is 11.0 Å². The molecule has 258 valence electrons. The molecule has 2 amide bonds. The number of carbonyl (C=O) groups excluding carboxylic acids is 3. The summed E-state index contributed by atoms with van der Waals surface area (Å²) >= 11 is 11.7. The van der Waals surface area contributed by atoms with Gasteiger partial charge in [0.15, 0.2) is 12.2 Å². The number of amides is 2. The van der Waals surface area contributed by atoms with Crippen molar-refractivity contribution in [1.82, 2.24) is 10.2 Å². The molecule has 2 N–H and O–H groups in total. The van der Waals surface area contributed by atoms with E-state index in [1.165, 1.54) is 6.92 Å². The van der Waals surface area contributed by atoms with Crippen LogP contribution in [0.1, 0.15) is 53.4 Å². The van der Waals surface area contributed by atoms with E-state index in [2.05, 4.69) is 26.8 Å². The van der Waals surface area contributed by atoms with E-state index in [0.29, 0.717) is 62.4 Å². The highest BCUT2D eigenvalue weighted by Crippen LogP contribution is 2.33. The van der Waals surface area contributed by atoms with Gasteiger partial charge in [0.1, 0.15) is 23.1 Å². The number of piperazine rings is 1. The molecule has 0 saturated carbocycles. The van der Waals surface area contributed by atoms with Gasteiger partial charge >= 0.3 is 12.1 Å². The van der Waals surface area contributed by atoms with Gasteiger partial charge in [-0.3, -0.25) is 9.59 Å². The molecule has 4 rings (SSSR count). The molecule has 2 aromatic carbocycles. The van der Waals surface area contributed by atoms with Gasteiger partial charge in [0, 0.05) is 75.2 Å². The van der Waals surface area contributed by atoms with Crippen LogP contribution in [-0.4, -0.2) is 84.6 Å². The highest BCUT2D eigenvalue weighted by atomic mass is 35.5. The number of unbranched alkanes of at least 4 members (excludes halogenated alkanes) is 1. The number of ether oxygens (including phenoxy) is 1. The molecule has 1 aromatic heterocycles. The monoisotopic (exact) mass is 709 g/mol. The molecule has 0 radical (unpaired) electrons. The molecule has 0 bridgehead atoms. The summed E-state index contributed by atoms with van der Waals surface area (Å²) in [7, 11) is 0. The van der Waals surface area contributed by atoms with E-state index in [9.17, 15) is 32.7 Å². The van der Waals surface area contributed by atoms with Crippen molar-refractivity contribution in [3.63, 3.8) is 0 Å². The lowest BCUT2D eigenvalue weighted by Crippen LogP contribution is -2.55. The van der Waals surface area contributed by atoms with Crippen molar-refractivity contribution in [2.45, 2.75) is 51.2 Å². The van der Waals surface area contributed by atoms with Crippen molar-refractivity contribution in [2.75, 3.05) is 49.4 Å². The number of alkyl halides is 5. The normalized spacial score (nSPS) is 14.0. The maximum absolute atomic E-state index is 13.8. The zero-order valence-corrected chi connectivity index (χ0v) is 27.8. The SMILES string of the molecule is CC(=O)N[C@H](Cc1cc(C#CCCCCl)c2oc(CCCCl)c(C(=O)OCC(F)(F)F)c2c1)C(=O)N1CCN(c2ccc(O)cc2)CC1. The molecule has 14 heteroatoms. The molecular formula is C34H36Cl2F3N3O6. The topological polar surface area (TPSA) is 112 Å². The standard InChI is InChI=1S/C34H36Cl2F3N3O6/c1-22(43)40-28(32(45)42-16-14-41(15-17-42)25-8-10-26(44)11-9-25)20-23-18-24(6-3-2-4-12-35)31-27(19-23)30(29(48-31)7-5-13-36)33(46)47-21-34(37,38)39/h8-11,18-19,28,44H,2,4-5,7,12-17,20-21H2,1H3,(H,40,43)/t28-/m1/s1. The van der Waals surface area contributed by atoms with Gasteiger partial charge in [0.25, 0.3) is 0 Å². The average molecular weight is 711 g/mol. The molecule has 0 spiro atoms. The molecular weight excluding hydrogens is 674 g/mol. The minimum atomic E-state index is -4.74. The molecule has 48 heavy (non-hydrogen) atoms. The Morgan fingerprint density at radius 3 is 2.38 bits per heavy atom. The quantitative estimate of drug-likeness (QED) is 0.106. The van der Waals surface area contributed by atoms with Gasteiger partial charge in [-0.1, -0.05) is 11.8 Å². The van der Waals surface area contributed by atoms with Crippen LogP contribution < -0.4 is 10.2 Å². The Labute approximate surface area is 286 Å². The van der Waals surface area contributed by atoms with Crippen LogP contribution in [0, 0.1) is 11.8 Å². The van der Waals surface area contributed by atoms with Crippen LogP contribution in [0.2, 0.25) is 0 Å². The van der Waals surface area contributed by atoms with Gasteiger partial charge in [-0.05, 0) is 54.8 Å². The highest BCUT2D eigenvalue weighted by molar-refractivity contribution is 6.18. The lowest BCUT2D eigenvalue weighted by molar-refractivity contribution is -0.161. The zero-order chi connectivity index (χ0) is 34.8. The Morgan fingerprint density at radius 1 is 1.06 bits per heavy atom. The zero-order valence-electron chi connectivity index (χ0n) is 26.3. The number of rotatable bonds is 12. The number of furan rings is 1. The summed E-state index contributed by atoms with van der Waals surface area (Å²) in [5.41, 5.74) is 1.77. The third kappa shape index (κ3) is 9.97. The predicted octanol–water partition coefficient (Wildman–Crippen LogP) is 5.80. The number of phenols is 1. The van der Waals surface area contributed by atoms with Crippen molar-refractivity contribution in [2.24, 2.45) is 0 Å². The van der Waals surface area contributed by atoms with Gasteiger partial charge < -0.3 is 29.4 Å². The maximum atomic E-state index is 13.8. The van der Waals surface area contributed by atoms with Gasteiger partial charge in [0.2, 0.25) is 11.8 Å². The predicted molar refractivity (Wildman–Crippen MR) is 177 cm³/mol. The van der Waals surface area contributed by atoms with Crippen LogP contribution in [0.15, 0.2) is 40.8 Å². The van der Waals surface area contributed by atoms with Crippen molar-refractivity contribution in [3.05, 3.63) is 58.8 Å². The van der Waals surface area contributed by atoms with Crippen molar-refractivity contribution in [1.29, 1.82) is 0 Å². The van der Waals surface area contributed by atoms with Gasteiger partial charge in [-0.2, -0.15) is 13.2 Å². The minimum absolute atomic E-state index is 0.00210. The molecule has 3 aromatic rings. The molecule has 1 atom stereocenters. The van der Waals surface area contributed by atoms with Gasteiger partial charge in [0.05, 0.1) is 5.56 Å².